The van der Waals surface area contributed by atoms with E-state index in [4.69, 9.17) is 5.26 Å². The fraction of sp³-hybridized carbons (Fsp3) is 0.250. The van der Waals surface area contributed by atoms with E-state index in [9.17, 15) is 0 Å². The summed E-state index contributed by atoms with van der Waals surface area (Å²) in [4.78, 5) is 4.93. The Labute approximate surface area is 70.3 Å². The van der Waals surface area contributed by atoms with Gasteiger partial charge in [-0.1, -0.05) is 0 Å². The third kappa shape index (κ3) is 1.52. The lowest BCUT2D eigenvalue weighted by Crippen LogP contribution is -1.88. The Balaban J connectivity index is 3.27. The van der Waals surface area contributed by atoms with E-state index in [1.807, 2.05) is 19.2 Å². The van der Waals surface area contributed by atoms with Gasteiger partial charge in [0.05, 0.1) is 0 Å². The van der Waals surface area contributed by atoms with Crippen molar-refractivity contribution in [3.63, 3.8) is 0 Å². The normalized spacial score (nSPS) is 9.18. The average molecular weight is 164 g/mol. The van der Waals surface area contributed by atoms with Crippen LogP contribution in [0.5, 0.6) is 0 Å². The second kappa shape index (κ2) is 3.40. The minimum Gasteiger partial charge on any atom is -0.244 e. The van der Waals surface area contributed by atoms with Crippen LogP contribution in [-0.2, 0) is 0 Å². The molecule has 0 aliphatic carbocycles. The standard InChI is InChI=1S/C8H8N2S/c1-6-3-4-10-7(5-9)8(6)11-2/h3-4H,1-2H3. The molecule has 56 valence electrons. The van der Waals surface area contributed by atoms with Crippen LogP contribution in [0.3, 0.4) is 0 Å². The largest absolute Gasteiger partial charge is 0.244 e. The lowest BCUT2D eigenvalue weighted by Gasteiger charge is -2.01. The van der Waals surface area contributed by atoms with Crippen molar-refractivity contribution in [3.8, 4) is 6.07 Å². The summed E-state index contributed by atoms with van der Waals surface area (Å²) in [5.41, 5.74) is 1.64. The molecule has 0 aliphatic heterocycles. The van der Waals surface area contributed by atoms with Gasteiger partial charge in [0, 0.05) is 11.1 Å². The van der Waals surface area contributed by atoms with Crippen LogP contribution < -0.4 is 0 Å². The molecule has 0 fully saturated rings. The van der Waals surface area contributed by atoms with Gasteiger partial charge in [-0.2, -0.15) is 5.26 Å². The predicted molar refractivity (Wildman–Crippen MR) is 45.5 cm³/mol. The Morgan fingerprint density at radius 2 is 2.36 bits per heavy atom. The lowest BCUT2D eigenvalue weighted by molar-refractivity contribution is 1.13. The molecule has 11 heavy (non-hydrogen) atoms. The van der Waals surface area contributed by atoms with Gasteiger partial charge >= 0.3 is 0 Å². The van der Waals surface area contributed by atoms with E-state index in [0.717, 1.165) is 10.5 Å². The van der Waals surface area contributed by atoms with Gasteiger partial charge in [-0.05, 0) is 24.8 Å². The molecule has 3 heteroatoms. The summed E-state index contributed by atoms with van der Waals surface area (Å²) in [6.07, 6.45) is 3.61. The van der Waals surface area contributed by atoms with Crippen LogP contribution in [0.15, 0.2) is 17.2 Å². The van der Waals surface area contributed by atoms with E-state index in [0.29, 0.717) is 5.69 Å². The summed E-state index contributed by atoms with van der Waals surface area (Å²) < 4.78 is 0. The van der Waals surface area contributed by atoms with Gasteiger partial charge in [-0.3, -0.25) is 0 Å². The van der Waals surface area contributed by atoms with Crippen LogP contribution in [0, 0.1) is 18.3 Å². The van der Waals surface area contributed by atoms with E-state index < -0.39 is 0 Å². The zero-order valence-electron chi connectivity index (χ0n) is 6.46. The number of nitrogens with zero attached hydrogens (tertiary/aromatic N) is 2. The minimum atomic E-state index is 0.525. The molecule has 2 nitrogen and oxygen atoms in total. The van der Waals surface area contributed by atoms with Crippen LogP contribution in [0.2, 0.25) is 0 Å². The topological polar surface area (TPSA) is 36.7 Å². The van der Waals surface area contributed by atoms with E-state index in [-0.39, 0.29) is 0 Å². The summed E-state index contributed by atoms with van der Waals surface area (Å²) in [6, 6.07) is 3.96. The zero-order valence-corrected chi connectivity index (χ0v) is 7.27. The Bertz CT molecular complexity index is 301. The maximum Gasteiger partial charge on any atom is 0.154 e. The highest BCUT2D eigenvalue weighted by Crippen LogP contribution is 2.21. The van der Waals surface area contributed by atoms with Crippen molar-refractivity contribution in [1.29, 1.82) is 5.26 Å². The molecule has 0 aromatic carbocycles. The number of pyridine rings is 1. The van der Waals surface area contributed by atoms with E-state index in [1.165, 1.54) is 0 Å². The highest BCUT2D eigenvalue weighted by Gasteiger charge is 2.03. The first-order valence-electron chi connectivity index (χ1n) is 3.19. The monoisotopic (exact) mass is 164 g/mol. The Morgan fingerprint density at radius 3 is 2.82 bits per heavy atom. The molecular weight excluding hydrogens is 156 g/mol. The Hall–Kier alpha value is -1.01. The molecule has 0 saturated carbocycles. The maximum absolute atomic E-state index is 8.65. The van der Waals surface area contributed by atoms with Crippen molar-refractivity contribution < 1.29 is 0 Å². The molecule has 0 bridgehead atoms. The highest BCUT2D eigenvalue weighted by molar-refractivity contribution is 7.98. The Kier molecular flexibility index (Phi) is 2.50. The molecule has 0 N–H and O–H groups in total. The molecule has 1 rings (SSSR count). The van der Waals surface area contributed by atoms with Gasteiger partial charge in [0.1, 0.15) is 6.07 Å². The number of rotatable bonds is 1. The third-order valence-corrected chi connectivity index (χ3v) is 2.34. The van der Waals surface area contributed by atoms with E-state index in [2.05, 4.69) is 11.1 Å². The lowest BCUT2D eigenvalue weighted by atomic mass is 10.2. The van der Waals surface area contributed by atoms with Gasteiger partial charge in [0.15, 0.2) is 5.69 Å². The van der Waals surface area contributed by atoms with Crippen molar-refractivity contribution >= 4 is 11.8 Å². The number of aryl methyl sites for hydroxylation is 1. The summed E-state index contributed by atoms with van der Waals surface area (Å²) in [6.45, 7) is 1.98. The third-order valence-electron chi connectivity index (χ3n) is 1.41. The van der Waals surface area contributed by atoms with Crippen molar-refractivity contribution in [2.75, 3.05) is 6.26 Å². The number of aromatic nitrogens is 1. The van der Waals surface area contributed by atoms with Crippen molar-refractivity contribution in [2.24, 2.45) is 0 Å². The van der Waals surface area contributed by atoms with E-state index >= 15 is 0 Å². The summed E-state index contributed by atoms with van der Waals surface area (Å²) in [7, 11) is 0. The second-order valence-electron chi connectivity index (χ2n) is 2.12. The van der Waals surface area contributed by atoms with Gasteiger partial charge in [0.2, 0.25) is 0 Å². The van der Waals surface area contributed by atoms with Gasteiger partial charge in [0.25, 0.3) is 0 Å². The van der Waals surface area contributed by atoms with Crippen molar-refractivity contribution in [1.82, 2.24) is 4.98 Å². The van der Waals surface area contributed by atoms with Gasteiger partial charge in [-0.15, -0.1) is 11.8 Å². The fourth-order valence-corrected chi connectivity index (χ4v) is 1.56. The van der Waals surface area contributed by atoms with Crippen LogP contribution in [0.4, 0.5) is 0 Å². The fourth-order valence-electron chi connectivity index (χ4n) is 0.882. The number of nitriles is 1. The zero-order chi connectivity index (χ0) is 8.27. The first-order chi connectivity index (χ1) is 5.29. The maximum atomic E-state index is 8.65. The average Bonchev–Trinajstić information content (AvgIpc) is 2.04. The molecular formula is C8H8N2S. The summed E-state index contributed by atoms with van der Waals surface area (Å²) >= 11 is 1.56. The molecule has 1 aromatic heterocycles. The summed E-state index contributed by atoms with van der Waals surface area (Å²) in [5.74, 6) is 0. The number of hydrogen-bond donors (Lipinski definition) is 0. The molecule has 0 amide bonds. The van der Waals surface area contributed by atoms with Gasteiger partial charge < -0.3 is 0 Å². The van der Waals surface area contributed by atoms with Crippen LogP contribution >= 0.6 is 11.8 Å². The summed E-state index contributed by atoms with van der Waals surface area (Å²) in [5, 5.41) is 8.65. The molecule has 0 saturated heterocycles. The Morgan fingerprint density at radius 1 is 1.64 bits per heavy atom. The van der Waals surface area contributed by atoms with E-state index in [1.54, 1.807) is 18.0 Å². The van der Waals surface area contributed by atoms with Crippen molar-refractivity contribution in [2.45, 2.75) is 11.8 Å². The molecule has 0 aliphatic rings. The number of thioether (sulfide) groups is 1. The second-order valence-corrected chi connectivity index (χ2v) is 2.94. The first-order valence-corrected chi connectivity index (χ1v) is 4.41. The quantitative estimate of drug-likeness (QED) is 0.595. The molecule has 0 unspecified atom stereocenters. The SMILES string of the molecule is CSc1c(C)ccnc1C#N. The van der Waals surface area contributed by atoms with Crippen molar-refractivity contribution in [3.05, 3.63) is 23.5 Å². The predicted octanol–water partition coefficient (Wildman–Crippen LogP) is 1.98. The molecule has 0 radical (unpaired) electrons. The van der Waals surface area contributed by atoms with Gasteiger partial charge in [-0.25, -0.2) is 4.98 Å². The first kappa shape index (κ1) is 8.09. The number of hydrogen-bond acceptors (Lipinski definition) is 3. The minimum absolute atomic E-state index is 0.525. The van der Waals surface area contributed by atoms with Crippen LogP contribution in [0.25, 0.3) is 0 Å². The molecule has 1 aromatic rings. The molecule has 0 atom stereocenters. The smallest absolute Gasteiger partial charge is 0.154 e. The van der Waals surface area contributed by atoms with Crippen LogP contribution in [0.1, 0.15) is 11.3 Å². The molecule has 0 spiro atoms. The van der Waals surface area contributed by atoms with Crippen LogP contribution in [-0.4, -0.2) is 11.2 Å². The molecule has 1 heterocycles. The highest BCUT2D eigenvalue weighted by atomic mass is 32.2.